The molecule has 0 radical (unpaired) electrons. The van der Waals surface area contributed by atoms with Crippen LogP contribution in [0.3, 0.4) is 0 Å². The summed E-state index contributed by atoms with van der Waals surface area (Å²) in [5.41, 5.74) is 14.9. The van der Waals surface area contributed by atoms with Crippen molar-refractivity contribution in [1.29, 1.82) is 0 Å². The minimum atomic E-state index is -6.00. The second-order valence-electron chi connectivity index (χ2n) is 10.5. The summed E-state index contributed by atoms with van der Waals surface area (Å²) in [5.74, 6) is 0. The molecular weight excluding hydrogens is 504 g/mol. The number of hydrogen-bond acceptors (Lipinski definition) is 1. The van der Waals surface area contributed by atoms with Crippen molar-refractivity contribution >= 4 is 20.5 Å². The summed E-state index contributed by atoms with van der Waals surface area (Å²) in [6, 6.07) is 27.1. The van der Waals surface area contributed by atoms with E-state index in [4.69, 9.17) is 5.73 Å². The Hall–Kier alpha value is -2.17. The average Bonchev–Trinajstić information content (AvgIpc) is 2.94. The minimum Gasteiger partial charge on any atom is -0.418 e. The van der Waals surface area contributed by atoms with Crippen LogP contribution >= 0.6 is 7.92 Å². The number of hydrogen-bond donors (Lipinski definition) is 1. The van der Waals surface area contributed by atoms with E-state index in [1.165, 1.54) is 92.0 Å². The van der Waals surface area contributed by atoms with Crippen molar-refractivity contribution in [1.82, 2.24) is 0 Å². The summed E-state index contributed by atoms with van der Waals surface area (Å²) in [4.78, 5) is 0. The molecule has 1 nitrogen and oxygen atoms in total. The molecule has 2 saturated carbocycles. The SMILES string of the molecule is F[B-](F)(F)F.NCc1cc(-c2ccccc2)c(P(C2CCCCC2)C2CCCCC2)c(-c2ccccc2)c1. The molecule has 0 saturated heterocycles. The fourth-order valence-corrected chi connectivity index (χ4v) is 10.3. The third-order valence-corrected chi connectivity index (χ3v) is 11.4. The summed E-state index contributed by atoms with van der Waals surface area (Å²) < 4.78 is 39.0. The average molecular weight is 542 g/mol. The molecule has 2 fully saturated rings. The lowest BCUT2D eigenvalue weighted by Crippen LogP contribution is -2.28. The quantitative estimate of drug-likeness (QED) is 0.187. The maximum absolute atomic E-state index is 9.75. The van der Waals surface area contributed by atoms with E-state index in [1.807, 2.05) is 0 Å². The van der Waals surface area contributed by atoms with E-state index in [0.29, 0.717) is 6.54 Å². The molecular formula is C31H38BF4NP-. The first kappa shape index (κ1) is 28.8. The number of benzene rings is 3. The van der Waals surface area contributed by atoms with Gasteiger partial charge in [0.05, 0.1) is 0 Å². The maximum Gasteiger partial charge on any atom is 0.673 e. The van der Waals surface area contributed by atoms with Gasteiger partial charge in [-0.1, -0.05) is 107 Å². The van der Waals surface area contributed by atoms with Gasteiger partial charge < -0.3 is 23.0 Å². The molecule has 204 valence electrons. The molecule has 0 aliphatic heterocycles. The Morgan fingerprint density at radius 2 is 1.00 bits per heavy atom. The molecule has 3 aromatic rings. The molecule has 5 rings (SSSR count). The van der Waals surface area contributed by atoms with Crippen LogP contribution in [0, 0.1) is 0 Å². The fourth-order valence-electron chi connectivity index (χ4n) is 6.15. The van der Waals surface area contributed by atoms with Crippen molar-refractivity contribution < 1.29 is 17.3 Å². The second kappa shape index (κ2) is 13.8. The monoisotopic (exact) mass is 542 g/mol. The Morgan fingerprint density at radius 3 is 1.34 bits per heavy atom. The Morgan fingerprint density at radius 1 is 0.632 bits per heavy atom. The van der Waals surface area contributed by atoms with Crippen LogP contribution in [-0.2, 0) is 6.54 Å². The first-order chi connectivity index (χ1) is 18.3. The largest absolute Gasteiger partial charge is 0.673 e. The van der Waals surface area contributed by atoms with Crippen molar-refractivity contribution in [2.75, 3.05) is 0 Å². The van der Waals surface area contributed by atoms with E-state index in [-0.39, 0.29) is 7.92 Å². The van der Waals surface area contributed by atoms with Gasteiger partial charge in [-0.05, 0) is 82.3 Å². The van der Waals surface area contributed by atoms with Gasteiger partial charge in [0.1, 0.15) is 0 Å². The zero-order chi connectivity index (χ0) is 27.0. The molecule has 0 heterocycles. The van der Waals surface area contributed by atoms with Crippen LogP contribution < -0.4 is 11.0 Å². The van der Waals surface area contributed by atoms with Gasteiger partial charge in [0, 0.05) is 6.54 Å². The highest BCUT2D eigenvalue weighted by molar-refractivity contribution is 7.67. The van der Waals surface area contributed by atoms with E-state index in [9.17, 15) is 17.3 Å². The maximum atomic E-state index is 9.75. The van der Waals surface area contributed by atoms with Crippen LogP contribution in [0.25, 0.3) is 22.3 Å². The fraction of sp³-hybridized carbons (Fsp3) is 0.419. The van der Waals surface area contributed by atoms with E-state index in [0.717, 1.165) is 11.3 Å². The van der Waals surface area contributed by atoms with E-state index in [2.05, 4.69) is 72.8 Å². The van der Waals surface area contributed by atoms with Gasteiger partial charge in [-0.2, -0.15) is 0 Å². The van der Waals surface area contributed by atoms with Crippen LogP contribution in [0.4, 0.5) is 17.3 Å². The minimum absolute atomic E-state index is 0.239. The van der Waals surface area contributed by atoms with E-state index < -0.39 is 7.25 Å². The molecule has 0 unspecified atom stereocenters. The summed E-state index contributed by atoms with van der Waals surface area (Å²) in [7, 11) is -6.24. The molecule has 0 bridgehead atoms. The predicted molar refractivity (Wildman–Crippen MR) is 156 cm³/mol. The first-order valence-electron chi connectivity index (χ1n) is 14.0. The molecule has 3 aromatic carbocycles. The third-order valence-electron chi connectivity index (χ3n) is 7.77. The zero-order valence-electron chi connectivity index (χ0n) is 22.0. The highest BCUT2D eigenvalue weighted by Gasteiger charge is 2.35. The molecule has 0 amide bonds. The summed E-state index contributed by atoms with van der Waals surface area (Å²) in [5, 5.41) is 1.68. The molecule has 0 atom stereocenters. The standard InChI is InChI=1S/C31H38NP.BF4/c32-23-24-21-29(25-13-5-1-6-14-25)31(30(22-24)26-15-7-2-8-16-26)33(27-17-9-3-10-18-27)28-19-11-4-12-20-28;2-1(3,4)5/h1-2,5-8,13-16,21-22,27-28H,3-4,9-12,17-20,23,32H2;/q;-1. The number of rotatable bonds is 6. The highest BCUT2D eigenvalue weighted by atomic mass is 31.1. The van der Waals surface area contributed by atoms with Crippen LogP contribution in [0.15, 0.2) is 72.8 Å². The first-order valence-corrected chi connectivity index (χ1v) is 15.5. The van der Waals surface area contributed by atoms with Gasteiger partial charge in [0.25, 0.3) is 0 Å². The van der Waals surface area contributed by atoms with Crippen LogP contribution in [0.1, 0.15) is 69.8 Å². The van der Waals surface area contributed by atoms with E-state index >= 15 is 0 Å². The van der Waals surface area contributed by atoms with Crippen molar-refractivity contribution in [2.24, 2.45) is 5.73 Å². The number of nitrogens with two attached hydrogens (primary N) is 1. The van der Waals surface area contributed by atoms with Crippen molar-refractivity contribution in [3.8, 4) is 22.3 Å². The van der Waals surface area contributed by atoms with Gasteiger partial charge in [0.2, 0.25) is 0 Å². The second-order valence-corrected chi connectivity index (χ2v) is 13.2. The predicted octanol–water partition coefficient (Wildman–Crippen LogP) is 9.55. The molecule has 0 spiro atoms. The van der Waals surface area contributed by atoms with Crippen LogP contribution in [0.2, 0.25) is 0 Å². The van der Waals surface area contributed by atoms with Crippen LogP contribution in [0.5, 0.6) is 0 Å². The number of halogens is 4. The topological polar surface area (TPSA) is 26.0 Å². The van der Waals surface area contributed by atoms with Gasteiger partial charge in [0.15, 0.2) is 0 Å². The van der Waals surface area contributed by atoms with E-state index in [1.54, 1.807) is 5.30 Å². The molecule has 2 aliphatic carbocycles. The van der Waals surface area contributed by atoms with Gasteiger partial charge >= 0.3 is 7.25 Å². The third kappa shape index (κ3) is 7.93. The summed E-state index contributed by atoms with van der Waals surface area (Å²) >= 11 is 0. The molecule has 38 heavy (non-hydrogen) atoms. The Kier molecular flexibility index (Phi) is 10.4. The lowest BCUT2D eigenvalue weighted by atomic mass is 9.95. The lowest BCUT2D eigenvalue weighted by Gasteiger charge is -2.41. The van der Waals surface area contributed by atoms with Crippen molar-refractivity contribution in [3.63, 3.8) is 0 Å². The van der Waals surface area contributed by atoms with Crippen LogP contribution in [-0.4, -0.2) is 18.6 Å². The Bertz CT molecular complexity index is 1040. The molecule has 0 aromatic heterocycles. The summed E-state index contributed by atoms with van der Waals surface area (Å²) in [6.07, 6.45) is 14.2. The van der Waals surface area contributed by atoms with Gasteiger partial charge in [-0.25, -0.2) is 0 Å². The lowest BCUT2D eigenvalue weighted by molar-refractivity contribution is 0.368. The summed E-state index contributed by atoms with van der Waals surface area (Å²) in [6.45, 7) is 0.588. The smallest absolute Gasteiger partial charge is 0.418 e. The normalized spacial score (nSPS) is 17.2. The molecule has 2 aliphatic rings. The van der Waals surface area contributed by atoms with Gasteiger partial charge in [-0.3, -0.25) is 0 Å². The van der Waals surface area contributed by atoms with Crippen molar-refractivity contribution in [2.45, 2.75) is 82.1 Å². The van der Waals surface area contributed by atoms with Crippen molar-refractivity contribution in [3.05, 3.63) is 78.4 Å². The Balaban J connectivity index is 0.000000617. The highest BCUT2D eigenvalue weighted by Crippen LogP contribution is 2.57. The molecule has 2 N–H and O–H groups in total. The molecule has 7 heteroatoms. The van der Waals surface area contributed by atoms with Gasteiger partial charge in [-0.15, -0.1) is 0 Å². The Labute approximate surface area is 226 Å². The zero-order valence-corrected chi connectivity index (χ0v) is 22.9.